The van der Waals surface area contributed by atoms with Gasteiger partial charge in [-0.2, -0.15) is 5.10 Å². The molecule has 0 aliphatic heterocycles. The highest BCUT2D eigenvalue weighted by Crippen LogP contribution is 2.41. The van der Waals surface area contributed by atoms with Crippen molar-refractivity contribution < 1.29 is 0 Å². The van der Waals surface area contributed by atoms with Crippen LogP contribution in [-0.4, -0.2) is 9.78 Å². The molecule has 2 rings (SSSR count). The summed E-state index contributed by atoms with van der Waals surface area (Å²) in [5.74, 6) is 0.630. The van der Waals surface area contributed by atoms with E-state index in [1.165, 1.54) is 31.4 Å². The van der Waals surface area contributed by atoms with Gasteiger partial charge in [0.1, 0.15) is 0 Å². The van der Waals surface area contributed by atoms with E-state index < -0.39 is 0 Å². The fourth-order valence-corrected chi connectivity index (χ4v) is 2.91. The Morgan fingerprint density at radius 1 is 1.47 bits per heavy atom. The summed E-state index contributed by atoms with van der Waals surface area (Å²) < 4.78 is 2.03. The van der Waals surface area contributed by atoms with Crippen molar-refractivity contribution in [3.63, 3.8) is 0 Å². The maximum Gasteiger partial charge on any atom is 0.0554 e. The van der Waals surface area contributed by atoms with Crippen LogP contribution in [0.25, 0.3) is 0 Å². The van der Waals surface area contributed by atoms with Gasteiger partial charge in [-0.05, 0) is 50.0 Å². The molecule has 0 saturated heterocycles. The number of nitrogens with two attached hydrogens (primary N) is 1. The van der Waals surface area contributed by atoms with Gasteiger partial charge in [-0.1, -0.05) is 13.8 Å². The number of aromatic nitrogens is 2. The Morgan fingerprint density at radius 3 is 2.71 bits per heavy atom. The van der Waals surface area contributed by atoms with Gasteiger partial charge in [0.15, 0.2) is 0 Å². The van der Waals surface area contributed by atoms with Crippen LogP contribution in [0.5, 0.6) is 0 Å². The summed E-state index contributed by atoms with van der Waals surface area (Å²) >= 11 is 0. The minimum atomic E-state index is 0.161. The smallest absolute Gasteiger partial charge is 0.0554 e. The molecule has 1 fully saturated rings. The summed E-state index contributed by atoms with van der Waals surface area (Å²) in [5.41, 5.74) is 8.14. The summed E-state index contributed by atoms with van der Waals surface area (Å²) in [5, 5.41) is 4.32. The minimum absolute atomic E-state index is 0.161. The molecule has 3 nitrogen and oxygen atoms in total. The average molecular weight is 235 g/mol. The Labute approximate surface area is 104 Å². The standard InChI is InChI=1S/C14H25N3/c1-4-17-12(7-10-16-17)13(15)11-5-8-14(2,3)9-6-11/h7,10-11,13H,4-6,8-9,15H2,1-3H3. The van der Waals surface area contributed by atoms with Crippen LogP contribution in [0.1, 0.15) is 58.2 Å². The van der Waals surface area contributed by atoms with Gasteiger partial charge < -0.3 is 5.73 Å². The molecule has 96 valence electrons. The van der Waals surface area contributed by atoms with Crippen molar-refractivity contribution in [1.82, 2.24) is 9.78 Å². The van der Waals surface area contributed by atoms with Crippen LogP contribution in [-0.2, 0) is 6.54 Å². The quantitative estimate of drug-likeness (QED) is 0.874. The summed E-state index contributed by atoms with van der Waals surface area (Å²) in [6.07, 6.45) is 6.97. The van der Waals surface area contributed by atoms with E-state index in [4.69, 9.17) is 5.73 Å². The Kier molecular flexibility index (Phi) is 3.57. The largest absolute Gasteiger partial charge is 0.322 e. The molecule has 0 aromatic carbocycles. The Hall–Kier alpha value is -0.830. The second-order valence-electron chi connectivity index (χ2n) is 6.10. The van der Waals surface area contributed by atoms with Crippen molar-refractivity contribution in [2.45, 2.75) is 59.0 Å². The zero-order chi connectivity index (χ0) is 12.5. The Balaban J connectivity index is 2.04. The molecule has 3 heteroatoms. The van der Waals surface area contributed by atoms with Crippen molar-refractivity contribution in [3.8, 4) is 0 Å². The van der Waals surface area contributed by atoms with Crippen molar-refractivity contribution in [2.75, 3.05) is 0 Å². The third-order valence-electron chi connectivity index (χ3n) is 4.28. The molecule has 1 heterocycles. The monoisotopic (exact) mass is 235 g/mol. The molecular weight excluding hydrogens is 210 g/mol. The van der Waals surface area contributed by atoms with Gasteiger partial charge in [0.25, 0.3) is 0 Å². The summed E-state index contributed by atoms with van der Waals surface area (Å²) in [7, 11) is 0. The van der Waals surface area contributed by atoms with Crippen molar-refractivity contribution >= 4 is 0 Å². The molecule has 1 aromatic rings. The lowest BCUT2D eigenvalue weighted by Gasteiger charge is -2.36. The molecule has 1 aromatic heterocycles. The fourth-order valence-electron chi connectivity index (χ4n) is 2.91. The SMILES string of the molecule is CCn1nccc1C(N)C1CCC(C)(C)CC1. The van der Waals surface area contributed by atoms with Crippen LogP contribution in [0.3, 0.4) is 0 Å². The third-order valence-corrected chi connectivity index (χ3v) is 4.28. The topological polar surface area (TPSA) is 43.8 Å². The Bertz CT molecular complexity index is 357. The highest BCUT2D eigenvalue weighted by atomic mass is 15.3. The maximum absolute atomic E-state index is 6.42. The van der Waals surface area contributed by atoms with Crippen LogP contribution in [0, 0.1) is 11.3 Å². The number of aryl methyl sites for hydroxylation is 1. The summed E-state index contributed by atoms with van der Waals surface area (Å²) in [6, 6.07) is 2.24. The molecule has 0 bridgehead atoms. The molecule has 17 heavy (non-hydrogen) atoms. The van der Waals surface area contributed by atoms with Gasteiger partial charge in [0.05, 0.1) is 5.69 Å². The molecule has 2 N–H and O–H groups in total. The highest BCUT2D eigenvalue weighted by Gasteiger charge is 2.31. The van der Waals surface area contributed by atoms with Crippen LogP contribution in [0.2, 0.25) is 0 Å². The molecule has 1 aliphatic rings. The van der Waals surface area contributed by atoms with Gasteiger partial charge in [-0.3, -0.25) is 4.68 Å². The third kappa shape index (κ3) is 2.71. The lowest BCUT2D eigenvalue weighted by Crippen LogP contribution is -2.30. The van der Waals surface area contributed by atoms with E-state index in [0.29, 0.717) is 11.3 Å². The molecule has 0 spiro atoms. The van der Waals surface area contributed by atoms with Crippen LogP contribution >= 0.6 is 0 Å². The lowest BCUT2D eigenvalue weighted by atomic mass is 9.71. The molecule has 0 radical (unpaired) electrons. The molecular formula is C14H25N3. The molecule has 1 aliphatic carbocycles. The second kappa shape index (κ2) is 4.81. The van der Waals surface area contributed by atoms with E-state index in [-0.39, 0.29) is 6.04 Å². The number of nitrogens with zero attached hydrogens (tertiary/aromatic N) is 2. The van der Waals surface area contributed by atoms with Crippen molar-refractivity contribution in [2.24, 2.45) is 17.1 Å². The molecule has 0 amide bonds. The van der Waals surface area contributed by atoms with Gasteiger partial charge in [-0.25, -0.2) is 0 Å². The first kappa shape index (κ1) is 12.6. The van der Waals surface area contributed by atoms with E-state index in [1.54, 1.807) is 0 Å². The highest BCUT2D eigenvalue weighted by molar-refractivity contribution is 5.08. The first-order valence-corrected chi connectivity index (χ1v) is 6.81. The predicted molar refractivity (Wildman–Crippen MR) is 70.6 cm³/mol. The molecule has 1 saturated carbocycles. The zero-order valence-electron chi connectivity index (χ0n) is 11.3. The first-order valence-electron chi connectivity index (χ1n) is 6.81. The van der Waals surface area contributed by atoms with Crippen molar-refractivity contribution in [3.05, 3.63) is 18.0 Å². The van der Waals surface area contributed by atoms with Crippen LogP contribution in [0.15, 0.2) is 12.3 Å². The van der Waals surface area contributed by atoms with Crippen LogP contribution < -0.4 is 5.73 Å². The molecule has 1 unspecified atom stereocenters. The molecule has 1 atom stereocenters. The van der Waals surface area contributed by atoms with E-state index >= 15 is 0 Å². The van der Waals surface area contributed by atoms with E-state index in [2.05, 4.69) is 31.9 Å². The average Bonchev–Trinajstić information content (AvgIpc) is 2.76. The van der Waals surface area contributed by atoms with Crippen LogP contribution in [0.4, 0.5) is 0 Å². The predicted octanol–water partition coefficient (Wildman–Crippen LogP) is 3.12. The van der Waals surface area contributed by atoms with E-state index in [0.717, 1.165) is 6.54 Å². The number of hydrogen-bond acceptors (Lipinski definition) is 2. The zero-order valence-corrected chi connectivity index (χ0v) is 11.3. The van der Waals surface area contributed by atoms with E-state index in [9.17, 15) is 0 Å². The van der Waals surface area contributed by atoms with Gasteiger partial charge in [0, 0.05) is 18.8 Å². The summed E-state index contributed by atoms with van der Waals surface area (Å²) in [6.45, 7) is 7.76. The lowest BCUT2D eigenvalue weighted by molar-refractivity contribution is 0.171. The normalized spacial score (nSPS) is 22.6. The first-order chi connectivity index (χ1) is 8.03. The maximum atomic E-state index is 6.42. The van der Waals surface area contributed by atoms with Gasteiger partial charge in [-0.15, -0.1) is 0 Å². The number of hydrogen-bond donors (Lipinski definition) is 1. The minimum Gasteiger partial charge on any atom is -0.322 e. The van der Waals surface area contributed by atoms with Gasteiger partial charge in [0.2, 0.25) is 0 Å². The second-order valence-corrected chi connectivity index (χ2v) is 6.10. The van der Waals surface area contributed by atoms with Gasteiger partial charge >= 0.3 is 0 Å². The summed E-state index contributed by atoms with van der Waals surface area (Å²) in [4.78, 5) is 0. The van der Waals surface area contributed by atoms with E-state index in [1.807, 2.05) is 10.9 Å². The fraction of sp³-hybridized carbons (Fsp3) is 0.786. The number of rotatable bonds is 3. The van der Waals surface area contributed by atoms with Crippen molar-refractivity contribution in [1.29, 1.82) is 0 Å². The Morgan fingerprint density at radius 2 is 2.12 bits per heavy atom.